The van der Waals surface area contributed by atoms with Gasteiger partial charge in [0.05, 0.1) is 5.02 Å². The van der Waals surface area contributed by atoms with Gasteiger partial charge in [0.1, 0.15) is 4.88 Å². The van der Waals surface area contributed by atoms with Crippen molar-refractivity contribution in [1.29, 1.82) is 0 Å². The standard InChI is InChI=1S/C11H15ClN2OS/c1-8-7-16-10(9(8)12)11(15)14-5-2-3-13-4-6-14/h7,13H,2-6H2,1H3. The van der Waals surface area contributed by atoms with Crippen LogP contribution in [0.5, 0.6) is 0 Å². The summed E-state index contributed by atoms with van der Waals surface area (Å²) >= 11 is 7.55. The highest BCUT2D eigenvalue weighted by atomic mass is 35.5. The molecule has 0 radical (unpaired) electrons. The quantitative estimate of drug-likeness (QED) is 0.837. The van der Waals surface area contributed by atoms with E-state index in [0.29, 0.717) is 9.90 Å². The second-order valence-corrected chi connectivity index (χ2v) is 5.22. The van der Waals surface area contributed by atoms with Gasteiger partial charge in [0.15, 0.2) is 0 Å². The average molecular weight is 259 g/mol. The minimum absolute atomic E-state index is 0.0757. The van der Waals surface area contributed by atoms with Crippen LogP contribution in [-0.2, 0) is 0 Å². The van der Waals surface area contributed by atoms with E-state index in [0.717, 1.165) is 38.2 Å². The number of thiophene rings is 1. The van der Waals surface area contributed by atoms with E-state index in [-0.39, 0.29) is 5.91 Å². The second kappa shape index (κ2) is 5.17. The van der Waals surface area contributed by atoms with Crippen molar-refractivity contribution < 1.29 is 4.79 Å². The Morgan fingerprint density at radius 3 is 3.00 bits per heavy atom. The monoisotopic (exact) mass is 258 g/mol. The summed E-state index contributed by atoms with van der Waals surface area (Å²) in [7, 11) is 0. The third-order valence-corrected chi connectivity index (χ3v) is 4.41. The molecular formula is C11H15ClN2OS. The lowest BCUT2D eigenvalue weighted by molar-refractivity contribution is 0.0771. The van der Waals surface area contributed by atoms with Crippen molar-refractivity contribution in [2.24, 2.45) is 0 Å². The zero-order chi connectivity index (χ0) is 11.5. The molecule has 1 fully saturated rings. The molecule has 88 valence electrons. The Balaban J connectivity index is 2.14. The van der Waals surface area contributed by atoms with Gasteiger partial charge in [0.25, 0.3) is 5.91 Å². The summed E-state index contributed by atoms with van der Waals surface area (Å²) in [5.74, 6) is 0.0757. The first-order valence-electron chi connectivity index (χ1n) is 5.43. The van der Waals surface area contributed by atoms with E-state index < -0.39 is 0 Å². The first-order chi connectivity index (χ1) is 7.70. The Kier molecular flexibility index (Phi) is 3.84. The predicted molar refractivity (Wildman–Crippen MR) is 67.5 cm³/mol. The van der Waals surface area contributed by atoms with Crippen molar-refractivity contribution >= 4 is 28.8 Å². The van der Waals surface area contributed by atoms with E-state index in [9.17, 15) is 4.79 Å². The fraction of sp³-hybridized carbons (Fsp3) is 0.545. The molecule has 0 bridgehead atoms. The lowest BCUT2D eigenvalue weighted by atomic mass is 10.3. The molecule has 2 heterocycles. The summed E-state index contributed by atoms with van der Waals surface area (Å²) in [6.07, 6.45) is 1.01. The second-order valence-electron chi connectivity index (χ2n) is 3.96. The first-order valence-corrected chi connectivity index (χ1v) is 6.69. The maximum absolute atomic E-state index is 12.2. The van der Waals surface area contributed by atoms with E-state index in [1.54, 1.807) is 0 Å². The van der Waals surface area contributed by atoms with Gasteiger partial charge < -0.3 is 10.2 Å². The maximum atomic E-state index is 12.2. The number of halogens is 1. The molecule has 0 unspecified atom stereocenters. The number of aryl methyl sites for hydroxylation is 1. The first kappa shape index (κ1) is 11.9. The lowest BCUT2D eigenvalue weighted by Crippen LogP contribution is -2.33. The van der Waals surface area contributed by atoms with E-state index in [4.69, 9.17) is 11.6 Å². The number of rotatable bonds is 1. The van der Waals surface area contributed by atoms with Gasteiger partial charge in [0.2, 0.25) is 0 Å². The molecule has 2 rings (SSSR count). The van der Waals surface area contributed by atoms with Gasteiger partial charge in [-0.05, 0) is 30.8 Å². The van der Waals surface area contributed by atoms with Crippen molar-refractivity contribution in [2.75, 3.05) is 26.2 Å². The maximum Gasteiger partial charge on any atom is 0.265 e. The third-order valence-electron chi connectivity index (χ3n) is 2.72. The molecule has 5 heteroatoms. The van der Waals surface area contributed by atoms with E-state index in [1.165, 1.54) is 11.3 Å². The van der Waals surface area contributed by atoms with Gasteiger partial charge in [-0.3, -0.25) is 4.79 Å². The summed E-state index contributed by atoms with van der Waals surface area (Å²) in [5.41, 5.74) is 0.989. The Bertz CT molecular complexity index is 383. The summed E-state index contributed by atoms with van der Waals surface area (Å²) in [4.78, 5) is 14.8. The molecule has 0 aliphatic carbocycles. The largest absolute Gasteiger partial charge is 0.337 e. The molecule has 1 aromatic heterocycles. The van der Waals surface area contributed by atoms with Crippen LogP contribution in [0, 0.1) is 6.92 Å². The minimum atomic E-state index is 0.0757. The van der Waals surface area contributed by atoms with Gasteiger partial charge in [-0.1, -0.05) is 11.6 Å². The third kappa shape index (κ3) is 2.39. The van der Waals surface area contributed by atoms with Crippen LogP contribution in [0.1, 0.15) is 21.7 Å². The molecule has 1 aliphatic heterocycles. The molecule has 0 aromatic carbocycles. The fourth-order valence-electron chi connectivity index (χ4n) is 1.77. The average Bonchev–Trinajstić information content (AvgIpc) is 2.53. The molecule has 1 aromatic rings. The van der Waals surface area contributed by atoms with Crippen LogP contribution in [-0.4, -0.2) is 37.0 Å². The molecular weight excluding hydrogens is 244 g/mol. The molecule has 0 saturated carbocycles. The highest BCUT2D eigenvalue weighted by Gasteiger charge is 2.21. The van der Waals surface area contributed by atoms with Crippen LogP contribution in [0.3, 0.4) is 0 Å². The molecule has 3 nitrogen and oxygen atoms in total. The Morgan fingerprint density at radius 2 is 2.31 bits per heavy atom. The minimum Gasteiger partial charge on any atom is -0.337 e. The highest BCUT2D eigenvalue weighted by Crippen LogP contribution is 2.28. The molecule has 1 saturated heterocycles. The summed E-state index contributed by atoms with van der Waals surface area (Å²) in [6.45, 7) is 5.37. The van der Waals surface area contributed by atoms with Gasteiger partial charge in [-0.15, -0.1) is 11.3 Å². The summed E-state index contributed by atoms with van der Waals surface area (Å²) in [5, 5.41) is 5.83. The molecule has 1 aliphatic rings. The van der Waals surface area contributed by atoms with Crippen molar-refractivity contribution in [1.82, 2.24) is 10.2 Å². The lowest BCUT2D eigenvalue weighted by Gasteiger charge is -2.19. The zero-order valence-corrected chi connectivity index (χ0v) is 10.8. The van der Waals surface area contributed by atoms with Crippen molar-refractivity contribution in [2.45, 2.75) is 13.3 Å². The number of hydrogen-bond donors (Lipinski definition) is 1. The summed E-state index contributed by atoms with van der Waals surface area (Å²) < 4.78 is 0. The van der Waals surface area contributed by atoms with Gasteiger partial charge in [0, 0.05) is 19.6 Å². The van der Waals surface area contributed by atoms with Gasteiger partial charge >= 0.3 is 0 Å². The molecule has 1 amide bonds. The van der Waals surface area contributed by atoms with Crippen molar-refractivity contribution in [3.05, 3.63) is 20.8 Å². The molecule has 16 heavy (non-hydrogen) atoms. The predicted octanol–water partition coefficient (Wildman–Crippen LogP) is 2.15. The SMILES string of the molecule is Cc1csc(C(=O)N2CCCNCC2)c1Cl. The molecule has 0 atom stereocenters. The van der Waals surface area contributed by atoms with Crippen molar-refractivity contribution in [3.63, 3.8) is 0 Å². The van der Waals surface area contributed by atoms with Crippen LogP contribution >= 0.6 is 22.9 Å². The van der Waals surface area contributed by atoms with Gasteiger partial charge in [-0.25, -0.2) is 0 Å². The molecule has 1 N–H and O–H groups in total. The smallest absolute Gasteiger partial charge is 0.265 e. The van der Waals surface area contributed by atoms with Crippen LogP contribution in [0.15, 0.2) is 5.38 Å². The van der Waals surface area contributed by atoms with Crippen LogP contribution in [0.2, 0.25) is 5.02 Å². The van der Waals surface area contributed by atoms with E-state index in [2.05, 4.69) is 5.32 Å². The normalized spacial score (nSPS) is 17.2. The van der Waals surface area contributed by atoms with Gasteiger partial charge in [-0.2, -0.15) is 0 Å². The Hall–Kier alpha value is -0.580. The van der Waals surface area contributed by atoms with E-state index in [1.807, 2.05) is 17.2 Å². The van der Waals surface area contributed by atoms with Crippen molar-refractivity contribution in [3.8, 4) is 0 Å². The topological polar surface area (TPSA) is 32.3 Å². The van der Waals surface area contributed by atoms with Crippen LogP contribution < -0.4 is 5.32 Å². The number of nitrogens with zero attached hydrogens (tertiary/aromatic N) is 1. The highest BCUT2D eigenvalue weighted by molar-refractivity contribution is 7.13. The van der Waals surface area contributed by atoms with E-state index >= 15 is 0 Å². The fourth-order valence-corrected chi connectivity index (χ4v) is 3.01. The van der Waals surface area contributed by atoms with Crippen LogP contribution in [0.4, 0.5) is 0 Å². The molecule has 0 spiro atoms. The Labute approximate surface area is 104 Å². The van der Waals surface area contributed by atoms with Crippen LogP contribution in [0.25, 0.3) is 0 Å². The number of amides is 1. The number of hydrogen-bond acceptors (Lipinski definition) is 3. The Morgan fingerprint density at radius 1 is 1.50 bits per heavy atom. The number of nitrogens with one attached hydrogen (secondary N) is 1. The number of carbonyl (C=O) groups is 1. The number of carbonyl (C=O) groups excluding carboxylic acids is 1. The summed E-state index contributed by atoms with van der Waals surface area (Å²) in [6, 6.07) is 0. The zero-order valence-electron chi connectivity index (χ0n) is 9.25.